The molecule has 28 heavy (non-hydrogen) atoms. The summed E-state index contributed by atoms with van der Waals surface area (Å²) in [6, 6.07) is 23.6. The van der Waals surface area contributed by atoms with Crippen molar-refractivity contribution in [1.29, 1.82) is 0 Å². The van der Waals surface area contributed by atoms with Crippen LogP contribution in [0, 0.1) is 0 Å². The van der Waals surface area contributed by atoms with Gasteiger partial charge in [-0.05, 0) is 23.8 Å². The molecule has 3 aromatic carbocycles. The van der Waals surface area contributed by atoms with Crippen molar-refractivity contribution in [2.75, 3.05) is 7.11 Å². The van der Waals surface area contributed by atoms with Gasteiger partial charge in [0.05, 0.1) is 7.11 Å². The van der Waals surface area contributed by atoms with Gasteiger partial charge in [-0.1, -0.05) is 60.7 Å². The molecule has 0 fully saturated rings. The molecule has 1 unspecified atom stereocenters. The number of fused-ring (bicyclic) bond motifs is 1. The van der Waals surface area contributed by atoms with Gasteiger partial charge in [-0.3, -0.25) is 9.59 Å². The van der Waals surface area contributed by atoms with Crippen molar-refractivity contribution in [2.45, 2.75) is 5.92 Å². The van der Waals surface area contributed by atoms with E-state index in [-0.39, 0.29) is 11.6 Å². The van der Waals surface area contributed by atoms with Crippen molar-refractivity contribution in [1.82, 2.24) is 4.98 Å². The van der Waals surface area contributed by atoms with E-state index in [9.17, 15) is 9.59 Å². The summed E-state index contributed by atoms with van der Waals surface area (Å²) in [6.07, 6.45) is 1.67. The van der Waals surface area contributed by atoms with E-state index in [1.807, 2.05) is 54.6 Å². The fraction of sp³-hybridized carbons (Fsp3) is 0.0833. The molecule has 0 radical (unpaired) electrons. The van der Waals surface area contributed by atoms with Crippen molar-refractivity contribution < 1.29 is 14.3 Å². The summed E-state index contributed by atoms with van der Waals surface area (Å²) in [6.45, 7) is 0. The lowest BCUT2D eigenvalue weighted by molar-refractivity contribution is 0.0861. The van der Waals surface area contributed by atoms with E-state index in [1.54, 1.807) is 37.6 Å². The van der Waals surface area contributed by atoms with Crippen molar-refractivity contribution in [3.8, 4) is 5.75 Å². The first-order chi connectivity index (χ1) is 13.7. The van der Waals surface area contributed by atoms with E-state index >= 15 is 0 Å². The van der Waals surface area contributed by atoms with Gasteiger partial charge in [-0.25, -0.2) is 0 Å². The Hall–Kier alpha value is -3.66. The quantitative estimate of drug-likeness (QED) is 0.383. The Morgan fingerprint density at radius 2 is 1.54 bits per heavy atom. The molecular formula is C24H19NO3. The van der Waals surface area contributed by atoms with E-state index in [1.165, 1.54) is 0 Å². The molecule has 4 heteroatoms. The van der Waals surface area contributed by atoms with Gasteiger partial charge >= 0.3 is 0 Å². The number of ether oxygens (including phenoxy) is 1. The van der Waals surface area contributed by atoms with Crippen LogP contribution >= 0.6 is 0 Å². The van der Waals surface area contributed by atoms with Gasteiger partial charge in [0.1, 0.15) is 11.7 Å². The van der Waals surface area contributed by atoms with E-state index < -0.39 is 5.92 Å². The van der Waals surface area contributed by atoms with Crippen LogP contribution in [0.15, 0.2) is 85.1 Å². The maximum absolute atomic E-state index is 13.6. The predicted molar refractivity (Wildman–Crippen MR) is 109 cm³/mol. The minimum Gasteiger partial charge on any atom is -0.497 e. The first-order valence-electron chi connectivity index (χ1n) is 9.02. The minimum atomic E-state index is -0.909. The molecule has 4 nitrogen and oxygen atoms in total. The third kappa shape index (κ3) is 3.21. The molecule has 0 amide bonds. The fourth-order valence-corrected chi connectivity index (χ4v) is 3.42. The average molecular weight is 369 g/mol. The maximum atomic E-state index is 13.6. The van der Waals surface area contributed by atoms with Crippen LogP contribution in [-0.4, -0.2) is 23.7 Å². The van der Waals surface area contributed by atoms with Crippen LogP contribution in [0.5, 0.6) is 5.75 Å². The van der Waals surface area contributed by atoms with Gasteiger partial charge in [-0.15, -0.1) is 0 Å². The number of hydrogen-bond donors (Lipinski definition) is 1. The second-order valence-electron chi connectivity index (χ2n) is 6.55. The molecule has 1 aromatic heterocycles. The van der Waals surface area contributed by atoms with E-state index in [0.29, 0.717) is 22.4 Å². The topological polar surface area (TPSA) is 59.2 Å². The summed E-state index contributed by atoms with van der Waals surface area (Å²) >= 11 is 0. The molecule has 4 aromatic rings. The van der Waals surface area contributed by atoms with Gasteiger partial charge in [0.25, 0.3) is 0 Å². The summed E-state index contributed by atoms with van der Waals surface area (Å²) < 4.78 is 5.30. The number of benzene rings is 3. The van der Waals surface area contributed by atoms with Crippen LogP contribution in [0.4, 0.5) is 0 Å². The van der Waals surface area contributed by atoms with Crippen molar-refractivity contribution in [3.63, 3.8) is 0 Å². The number of carbonyl (C=O) groups is 2. The predicted octanol–water partition coefficient (Wildman–Crippen LogP) is 5.03. The number of hydrogen-bond acceptors (Lipinski definition) is 3. The highest BCUT2D eigenvalue weighted by Crippen LogP contribution is 2.30. The van der Waals surface area contributed by atoms with Crippen LogP contribution in [-0.2, 0) is 0 Å². The zero-order valence-electron chi connectivity index (χ0n) is 15.4. The highest BCUT2D eigenvalue weighted by atomic mass is 16.5. The van der Waals surface area contributed by atoms with Crippen molar-refractivity contribution in [3.05, 3.63) is 102 Å². The Bertz CT molecular complexity index is 1130. The highest BCUT2D eigenvalue weighted by Gasteiger charge is 2.31. The van der Waals surface area contributed by atoms with Crippen LogP contribution in [0.2, 0.25) is 0 Å². The van der Waals surface area contributed by atoms with Gasteiger partial charge in [0, 0.05) is 28.2 Å². The zero-order chi connectivity index (χ0) is 19.5. The number of Topliss-reactive ketones (excluding diaryl/α,β-unsaturated/α-hetero) is 2. The Labute approximate surface area is 162 Å². The summed E-state index contributed by atoms with van der Waals surface area (Å²) in [5.41, 5.74) is 2.50. The van der Waals surface area contributed by atoms with Crippen LogP contribution in [0.3, 0.4) is 0 Å². The highest BCUT2D eigenvalue weighted by molar-refractivity contribution is 6.23. The summed E-state index contributed by atoms with van der Waals surface area (Å²) in [7, 11) is 1.58. The molecule has 0 saturated carbocycles. The largest absolute Gasteiger partial charge is 0.497 e. The molecule has 0 saturated heterocycles. The number of aromatic nitrogens is 1. The van der Waals surface area contributed by atoms with E-state index in [0.717, 1.165) is 10.9 Å². The molecule has 1 atom stereocenters. The number of methoxy groups -OCH3 is 1. The molecular weight excluding hydrogens is 350 g/mol. The molecule has 1 heterocycles. The zero-order valence-corrected chi connectivity index (χ0v) is 15.4. The summed E-state index contributed by atoms with van der Waals surface area (Å²) in [5.74, 6) is -0.700. The summed E-state index contributed by atoms with van der Waals surface area (Å²) in [5, 5.41) is 0.742. The first-order valence-corrected chi connectivity index (χ1v) is 9.02. The number of nitrogens with one attached hydrogen (secondary N) is 1. The number of carbonyl (C=O) groups excluding carboxylic acids is 2. The molecule has 0 aliphatic rings. The normalized spacial score (nSPS) is 11.9. The molecule has 0 aliphatic heterocycles. The fourth-order valence-electron chi connectivity index (χ4n) is 3.42. The second kappa shape index (κ2) is 7.53. The summed E-state index contributed by atoms with van der Waals surface area (Å²) in [4.78, 5) is 30.0. The maximum Gasteiger partial charge on any atom is 0.180 e. The average Bonchev–Trinajstić information content (AvgIpc) is 3.18. The Balaban J connectivity index is 1.83. The van der Waals surface area contributed by atoms with Gasteiger partial charge in [0.2, 0.25) is 0 Å². The minimum absolute atomic E-state index is 0.214. The molecule has 0 spiro atoms. The number of H-pyrrole nitrogens is 1. The van der Waals surface area contributed by atoms with Gasteiger partial charge in [0.15, 0.2) is 11.6 Å². The lowest BCUT2D eigenvalue weighted by Gasteiger charge is -2.15. The second-order valence-corrected chi connectivity index (χ2v) is 6.55. The van der Waals surface area contributed by atoms with E-state index in [4.69, 9.17) is 4.74 Å². The van der Waals surface area contributed by atoms with Crippen molar-refractivity contribution in [2.24, 2.45) is 0 Å². The van der Waals surface area contributed by atoms with E-state index in [2.05, 4.69) is 4.98 Å². The lowest BCUT2D eigenvalue weighted by atomic mass is 9.84. The third-order valence-corrected chi connectivity index (χ3v) is 4.87. The lowest BCUT2D eigenvalue weighted by Crippen LogP contribution is -2.22. The van der Waals surface area contributed by atoms with Crippen molar-refractivity contribution >= 4 is 22.5 Å². The van der Waals surface area contributed by atoms with Crippen LogP contribution < -0.4 is 4.74 Å². The Morgan fingerprint density at radius 3 is 2.21 bits per heavy atom. The number of aromatic amines is 1. The molecule has 0 bridgehead atoms. The van der Waals surface area contributed by atoms with Crippen LogP contribution in [0.25, 0.3) is 10.9 Å². The molecule has 0 aliphatic carbocycles. The van der Waals surface area contributed by atoms with Gasteiger partial charge in [-0.2, -0.15) is 0 Å². The first kappa shape index (κ1) is 17.7. The number of rotatable bonds is 6. The monoisotopic (exact) mass is 369 g/mol. The SMILES string of the molecule is COc1ccc2[nH]cc(C(=O)C(C(=O)c3ccccc3)c3ccccc3)c2c1. The molecule has 4 rings (SSSR count). The molecule has 1 N–H and O–H groups in total. The van der Waals surface area contributed by atoms with Crippen LogP contribution in [0.1, 0.15) is 32.2 Å². The Kier molecular flexibility index (Phi) is 4.77. The standard InChI is InChI=1S/C24H19NO3/c1-28-18-12-13-21-19(14-18)20(15-25-21)24(27)22(16-8-4-2-5-9-16)23(26)17-10-6-3-7-11-17/h2-15,22,25H,1H3. The number of ketones is 2. The Morgan fingerprint density at radius 1 is 0.857 bits per heavy atom. The smallest absolute Gasteiger partial charge is 0.180 e. The third-order valence-electron chi connectivity index (χ3n) is 4.87. The van der Waals surface area contributed by atoms with Gasteiger partial charge < -0.3 is 9.72 Å². The molecule has 138 valence electrons.